The molecule has 1 aliphatic heterocycles. The Balaban J connectivity index is 0.00000191. The van der Waals surface area contributed by atoms with Gasteiger partial charge in [0.1, 0.15) is 5.60 Å². The Labute approximate surface area is 128 Å². The molecule has 21 heavy (non-hydrogen) atoms. The van der Waals surface area contributed by atoms with Crippen molar-refractivity contribution in [1.82, 2.24) is 4.90 Å². The molecule has 0 fully saturated rings. The Morgan fingerprint density at radius 1 is 1.43 bits per heavy atom. The van der Waals surface area contributed by atoms with Crippen LogP contribution in [0.2, 0.25) is 0 Å². The van der Waals surface area contributed by atoms with Gasteiger partial charge in [-0.3, -0.25) is 0 Å². The molecule has 1 heterocycles. The van der Waals surface area contributed by atoms with E-state index in [2.05, 4.69) is 13.2 Å². The molecule has 0 spiro atoms. The van der Waals surface area contributed by atoms with Crippen LogP contribution in [0.5, 0.6) is 0 Å². The second-order valence-corrected chi connectivity index (χ2v) is 5.53. The van der Waals surface area contributed by atoms with Crippen LogP contribution in [0.1, 0.15) is 27.2 Å². The number of rotatable bonds is 3. The quantitative estimate of drug-likeness (QED) is 0.811. The lowest BCUT2D eigenvalue weighted by molar-refractivity contribution is 0.0266. The van der Waals surface area contributed by atoms with E-state index >= 15 is 0 Å². The third-order valence-corrected chi connectivity index (χ3v) is 2.71. The van der Waals surface area contributed by atoms with Gasteiger partial charge in [-0.15, -0.1) is 0 Å². The van der Waals surface area contributed by atoms with Crippen molar-refractivity contribution < 1.29 is 14.6 Å². The fourth-order valence-corrected chi connectivity index (χ4v) is 1.74. The number of allylic oxidation sites excluding steroid dienone is 4. The average molecular weight is 293 g/mol. The van der Waals surface area contributed by atoms with Gasteiger partial charge in [-0.2, -0.15) is 0 Å². The van der Waals surface area contributed by atoms with Gasteiger partial charge in [0.25, 0.3) is 0 Å². The number of ether oxygens (including phenoxy) is 1. The Kier molecular flexibility index (Phi) is 8.39. The van der Waals surface area contributed by atoms with Gasteiger partial charge in [-0.05, 0) is 38.3 Å². The lowest BCUT2D eigenvalue weighted by Crippen LogP contribution is -2.39. The van der Waals surface area contributed by atoms with E-state index in [1.807, 2.05) is 39.0 Å². The minimum Gasteiger partial charge on any atom is -0.444 e. The number of nitrogens with zero attached hydrogens (tertiary/aromatic N) is 1. The van der Waals surface area contributed by atoms with Gasteiger partial charge in [0, 0.05) is 20.2 Å². The normalized spacial score (nSPS) is 14.9. The molecule has 4 heteroatoms. The first-order chi connectivity index (χ1) is 9.83. The van der Waals surface area contributed by atoms with Crippen molar-refractivity contribution in [1.29, 1.82) is 0 Å². The van der Waals surface area contributed by atoms with Crippen molar-refractivity contribution >= 4 is 6.09 Å². The van der Waals surface area contributed by atoms with Crippen LogP contribution in [0.3, 0.4) is 0 Å². The number of carbonyl (C=O) groups is 1. The second-order valence-electron chi connectivity index (χ2n) is 5.53. The van der Waals surface area contributed by atoms with Crippen LogP contribution in [0.4, 0.5) is 4.79 Å². The highest BCUT2D eigenvalue weighted by atomic mass is 16.6. The molecule has 0 saturated heterocycles. The molecule has 1 amide bonds. The molecule has 1 N–H and O–H groups in total. The first kappa shape index (κ1) is 19.2. The van der Waals surface area contributed by atoms with E-state index in [-0.39, 0.29) is 6.09 Å². The Hall–Kier alpha value is -1.81. The zero-order valence-corrected chi connectivity index (χ0v) is 13.6. The number of hydrogen-bond donors (Lipinski definition) is 1. The summed E-state index contributed by atoms with van der Waals surface area (Å²) in [7, 11) is 1.00. The first-order valence-electron chi connectivity index (χ1n) is 6.93. The zero-order chi connectivity index (χ0) is 16.5. The van der Waals surface area contributed by atoms with Crippen LogP contribution in [0, 0.1) is 0 Å². The predicted molar refractivity (Wildman–Crippen MR) is 87.1 cm³/mol. The van der Waals surface area contributed by atoms with E-state index in [0.29, 0.717) is 13.1 Å². The third-order valence-electron chi connectivity index (χ3n) is 2.71. The van der Waals surface area contributed by atoms with Crippen molar-refractivity contribution in [3.63, 3.8) is 0 Å². The number of carbonyl (C=O) groups excluding carboxylic acids is 1. The largest absolute Gasteiger partial charge is 0.444 e. The number of hydrogen-bond acceptors (Lipinski definition) is 3. The zero-order valence-electron chi connectivity index (χ0n) is 13.6. The molecule has 1 aliphatic rings. The monoisotopic (exact) mass is 293 g/mol. The Morgan fingerprint density at radius 2 is 2.05 bits per heavy atom. The van der Waals surface area contributed by atoms with Crippen LogP contribution in [0.25, 0.3) is 0 Å². The Bertz CT molecular complexity index is 428. The maximum absolute atomic E-state index is 11.9. The number of aliphatic hydroxyl groups excluding tert-OH is 1. The van der Waals surface area contributed by atoms with Crippen molar-refractivity contribution in [2.45, 2.75) is 32.8 Å². The summed E-state index contributed by atoms with van der Waals surface area (Å²) in [6.07, 6.45) is 8.10. The first-order valence-corrected chi connectivity index (χ1v) is 6.93. The second kappa shape index (κ2) is 9.19. The lowest BCUT2D eigenvalue weighted by atomic mass is 10.0. The maximum atomic E-state index is 11.9. The fourth-order valence-electron chi connectivity index (χ4n) is 1.74. The third kappa shape index (κ3) is 7.51. The minimum absolute atomic E-state index is 0.255. The number of amides is 1. The molecule has 0 saturated carbocycles. The van der Waals surface area contributed by atoms with E-state index < -0.39 is 5.60 Å². The fraction of sp³-hybridized carbons (Fsp3) is 0.471. The van der Waals surface area contributed by atoms with Gasteiger partial charge in [0.15, 0.2) is 0 Å². The molecule has 0 unspecified atom stereocenters. The summed E-state index contributed by atoms with van der Waals surface area (Å²) in [6.45, 7) is 14.5. The van der Waals surface area contributed by atoms with Gasteiger partial charge >= 0.3 is 6.09 Å². The summed E-state index contributed by atoms with van der Waals surface area (Å²) in [5, 5.41) is 7.00. The predicted octanol–water partition coefficient (Wildman–Crippen LogP) is 3.46. The van der Waals surface area contributed by atoms with Crippen LogP contribution in [-0.2, 0) is 4.74 Å². The molecule has 0 atom stereocenters. The molecule has 4 nitrogen and oxygen atoms in total. The molecule has 0 radical (unpaired) electrons. The molecule has 1 rings (SSSR count). The van der Waals surface area contributed by atoms with E-state index in [1.165, 1.54) is 5.57 Å². The molecule has 0 aromatic carbocycles. The molecule has 0 aromatic rings. The highest BCUT2D eigenvalue weighted by molar-refractivity contribution is 5.68. The molecule has 0 aromatic heterocycles. The van der Waals surface area contributed by atoms with Gasteiger partial charge < -0.3 is 14.7 Å². The highest BCUT2D eigenvalue weighted by Crippen LogP contribution is 2.20. The van der Waals surface area contributed by atoms with Crippen LogP contribution in [0.15, 0.2) is 48.6 Å². The van der Waals surface area contributed by atoms with Gasteiger partial charge in [-0.1, -0.05) is 37.5 Å². The topological polar surface area (TPSA) is 49.8 Å². The Morgan fingerprint density at radius 3 is 2.48 bits per heavy atom. The highest BCUT2D eigenvalue weighted by Gasteiger charge is 2.23. The SMILES string of the molecule is C=C/C=C\C(=C)C1=CCN(C(=O)OC(C)(C)C)CC1.CO. The molecular formula is C17H27NO3. The summed E-state index contributed by atoms with van der Waals surface area (Å²) in [6, 6.07) is 0. The van der Waals surface area contributed by atoms with E-state index in [9.17, 15) is 4.79 Å². The van der Waals surface area contributed by atoms with Crippen molar-refractivity contribution in [3.8, 4) is 0 Å². The van der Waals surface area contributed by atoms with Crippen LogP contribution >= 0.6 is 0 Å². The molecule has 0 bridgehead atoms. The van der Waals surface area contributed by atoms with Crippen molar-refractivity contribution in [3.05, 3.63) is 48.6 Å². The molecular weight excluding hydrogens is 266 g/mol. The summed E-state index contributed by atoms with van der Waals surface area (Å²) in [4.78, 5) is 13.6. The number of aliphatic hydroxyl groups is 1. The summed E-state index contributed by atoms with van der Waals surface area (Å²) in [5.41, 5.74) is 1.71. The summed E-state index contributed by atoms with van der Waals surface area (Å²) < 4.78 is 5.35. The van der Waals surface area contributed by atoms with Crippen molar-refractivity contribution in [2.75, 3.05) is 20.2 Å². The maximum Gasteiger partial charge on any atom is 0.410 e. The van der Waals surface area contributed by atoms with Crippen LogP contribution < -0.4 is 0 Å². The lowest BCUT2D eigenvalue weighted by Gasteiger charge is -2.29. The van der Waals surface area contributed by atoms with Crippen molar-refractivity contribution in [2.24, 2.45) is 0 Å². The smallest absolute Gasteiger partial charge is 0.410 e. The van der Waals surface area contributed by atoms with E-state index in [1.54, 1.807) is 11.0 Å². The van der Waals surface area contributed by atoms with Gasteiger partial charge in [0.2, 0.25) is 0 Å². The molecule has 0 aliphatic carbocycles. The molecule has 118 valence electrons. The van der Waals surface area contributed by atoms with Crippen LogP contribution in [-0.4, -0.2) is 41.9 Å². The summed E-state index contributed by atoms with van der Waals surface area (Å²) >= 11 is 0. The standard InChI is InChI=1S/C16H23NO2.CH4O/c1-6-7-8-13(2)14-9-11-17(12-10-14)15(18)19-16(3,4)5;1-2/h6-9H,1-2,10-12H2,3-5H3;2H,1H3/b8-7-;. The summed E-state index contributed by atoms with van der Waals surface area (Å²) in [5.74, 6) is 0. The van der Waals surface area contributed by atoms with Gasteiger partial charge in [-0.25, -0.2) is 4.79 Å². The van der Waals surface area contributed by atoms with E-state index in [4.69, 9.17) is 9.84 Å². The van der Waals surface area contributed by atoms with E-state index in [0.717, 1.165) is 19.1 Å². The minimum atomic E-state index is -0.447. The van der Waals surface area contributed by atoms with Gasteiger partial charge in [0.05, 0.1) is 0 Å². The average Bonchev–Trinajstić information content (AvgIpc) is 2.45.